The monoisotopic (exact) mass is 508 g/mol. The number of pyridine rings is 2. The summed E-state index contributed by atoms with van der Waals surface area (Å²) in [5, 5.41) is 1.92. The quantitative estimate of drug-likeness (QED) is 0.386. The predicted molar refractivity (Wildman–Crippen MR) is 133 cm³/mol. The lowest BCUT2D eigenvalue weighted by Gasteiger charge is -2.17. The van der Waals surface area contributed by atoms with Crippen LogP contribution in [0.2, 0.25) is 0 Å². The van der Waals surface area contributed by atoms with Crippen molar-refractivity contribution in [1.29, 1.82) is 0 Å². The molecule has 11 heteroatoms. The number of amides is 1. The summed E-state index contributed by atoms with van der Waals surface area (Å²) >= 11 is 0. The summed E-state index contributed by atoms with van der Waals surface area (Å²) in [5.74, 6) is -0.911. The Balaban J connectivity index is 1.60. The molecular formula is C26H23F3N6O2. The number of nitrogens with one attached hydrogen (secondary N) is 1. The molecule has 5 rings (SSSR count). The van der Waals surface area contributed by atoms with Crippen molar-refractivity contribution in [3.8, 4) is 16.9 Å². The van der Waals surface area contributed by atoms with E-state index in [1.807, 2.05) is 54.0 Å². The van der Waals surface area contributed by atoms with E-state index in [-0.39, 0.29) is 0 Å². The highest BCUT2D eigenvalue weighted by atomic mass is 19.4. The maximum Gasteiger partial charge on any atom is 0.408 e. The van der Waals surface area contributed by atoms with Crippen LogP contribution in [-0.4, -0.2) is 41.6 Å². The zero-order chi connectivity index (χ0) is 26.5. The van der Waals surface area contributed by atoms with Gasteiger partial charge in [-0.1, -0.05) is 12.1 Å². The summed E-state index contributed by atoms with van der Waals surface area (Å²) in [4.78, 5) is 34.8. The largest absolute Gasteiger partial charge is 0.408 e. The fourth-order valence-corrected chi connectivity index (χ4v) is 4.46. The Labute approximate surface area is 209 Å². The van der Waals surface area contributed by atoms with Gasteiger partial charge in [0, 0.05) is 11.8 Å². The minimum atomic E-state index is -4.59. The Morgan fingerprint density at radius 2 is 1.86 bits per heavy atom. The molecule has 190 valence electrons. The molecule has 0 saturated heterocycles. The van der Waals surface area contributed by atoms with Crippen LogP contribution in [0.1, 0.15) is 18.1 Å². The van der Waals surface area contributed by atoms with Gasteiger partial charge in [-0.05, 0) is 56.2 Å². The summed E-state index contributed by atoms with van der Waals surface area (Å²) in [6.07, 6.45) is 2.33. The maximum atomic E-state index is 13.6. The number of para-hydroxylation sites is 1. The highest BCUT2D eigenvalue weighted by Gasteiger charge is 2.37. The number of alkyl halides is 3. The third kappa shape index (κ3) is 4.26. The lowest BCUT2D eigenvalue weighted by atomic mass is 10.1. The summed E-state index contributed by atoms with van der Waals surface area (Å²) in [6.45, 7) is 3.98. The first kappa shape index (κ1) is 24.3. The number of aryl methyl sites for hydroxylation is 2. The van der Waals surface area contributed by atoms with E-state index < -0.39 is 30.4 Å². The highest BCUT2D eigenvalue weighted by Crippen LogP contribution is 2.28. The van der Waals surface area contributed by atoms with Crippen LogP contribution in [0.4, 0.5) is 13.2 Å². The van der Waals surface area contributed by atoms with Crippen LogP contribution in [-0.2, 0) is 11.3 Å². The van der Waals surface area contributed by atoms with Crippen molar-refractivity contribution >= 4 is 22.5 Å². The SMILES string of the molecule is Cc1cc(-c2cccn3cncc23)ncc1-n1c(=O)n(CC(=O)N[C@@H](C)C(F)(F)F)c2cccc(C)c21. The van der Waals surface area contributed by atoms with Crippen molar-refractivity contribution in [2.75, 3.05) is 0 Å². The molecule has 0 aliphatic heterocycles. The average molecular weight is 509 g/mol. The van der Waals surface area contributed by atoms with Gasteiger partial charge in [-0.3, -0.25) is 18.9 Å². The lowest BCUT2D eigenvalue weighted by molar-refractivity contribution is -0.158. The zero-order valence-corrected chi connectivity index (χ0v) is 20.2. The fourth-order valence-electron chi connectivity index (χ4n) is 4.46. The number of carbonyl (C=O) groups is 1. The molecule has 0 unspecified atom stereocenters. The van der Waals surface area contributed by atoms with Gasteiger partial charge >= 0.3 is 11.9 Å². The van der Waals surface area contributed by atoms with Gasteiger partial charge in [0.2, 0.25) is 5.91 Å². The molecule has 1 N–H and O–H groups in total. The van der Waals surface area contributed by atoms with Crippen LogP contribution in [0.5, 0.6) is 0 Å². The van der Waals surface area contributed by atoms with E-state index in [4.69, 9.17) is 0 Å². The molecule has 0 fully saturated rings. The molecule has 1 amide bonds. The van der Waals surface area contributed by atoms with Crippen molar-refractivity contribution in [2.45, 2.75) is 39.5 Å². The molecule has 8 nitrogen and oxygen atoms in total. The van der Waals surface area contributed by atoms with Gasteiger partial charge in [-0.2, -0.15) is 13.2 Å². The molecule has 0 saturated carbocycles. The minimum Gasteiger partial charge on any atom is -0.343 e. The number of carbonyl (C=O) groups excluding carboxylic acids is 1. The van der Waals surface area contributed by atoms with E-state index in [2.05, 4.69) is 9.97 Å². The van der Waals surface area contributed by atoms with Gasteiger partial charge in [0.15, 0.2) is 0 Å². The highest BCUT2D eigenvalue weighted by molar-refractivity contribution is 5.85. The van der Waals surface area contributed by atoms with Crippen LogP contribution in [0.25, 0.3) is 33.5 Å². The second-order valence-electron chi connectivity index (χ2n) is 8.94. The van der Waals surface area contributed by atoms with Crippen molar-refractivity contribution in [1.82, 2.24) is 28.8 Å². The van der Waals surface area contributed by atoms with E-state index in [1.54, 1.807) is 30.9 Å². The molecule has 0 bridgehead atoms. The van der Waals surface area contributed by atoms with Crippen molar-refractivity contribution in [3.63, 3.8) is 0 Å². The number of rotatable bonds is 5. The van der Waals surface area contributed by atoms with Crippen LogP contribution in [0.15, 0.2) is 66.1 Å². The lowest BCUT2D eigenvalue weighted by Crippen LogP contribution is -2.45. The molecule has 1 aromatic carbocycles. The smallest absolute Gasteiger partial charge is 0.343 e. The first-order valence-corrected chi connectivity index (χ1v) is 11.5. The zero-order valence-electron chi connectivity index (χ0n) is 20.2. The third-order valence-electron chi connectivity index (χ3n) is 6.37. The molecule has 4 aromatic heterocycles. The molecule has 1 atom stereocenters. The van der Waals surface area contributed by atoms with Crippen molar-refractivity contribution < 1.29 is 18.0 Å². The molecule has 0 spiro atoms. The number of fused-ring (bicyclic) bond motifs is 2. The number of hydrogen-bond donors (Lipinski definition) is 1. The maximum absolute atomic E-state index is 13.6. The normalized spacial score (nSPS) is 12.8. The molecule has 4 heterocycles. The first-order chi connectivity index (χ1) is 17.6. The molecule has 37 heavy (non-hydrogen) atoms. The van der Waals surface area contributed by atoms with E-state index in [9.17, 15) is 22.8 Å². The van der Waals surface area contributed by atoms with Crippen LogP contribution in [0, 0.1) is 13.8 Å². The first-order valence-electron chi connectivity index (χ1n) is 11.5. The van der Waals surface area contributed by atoms with Gasteiger partial charge in [-0.25, -0.2) is 9.78 Å². The standard InChI is InChI=1S/C26H23F3N6O2/c1-15-6-4-8-20-24(15)35(25(37)34(20)13-23(36)32-17(3)26(27,28)29)21-12-31-19(10-16(21)2)18-7-5-9-33-14-30-11-22(18)33/h4-12,14,17H,13H2,1-3H3,(H,32,36)/t17-/m0/s1. The number of halogens is 3. The Kier molecular flexibility index (Phi) is 5.85. The number of aromatic nitrogens is 5. The molecule has 5 aromatic rings. The minimum absolute atomic E-state index is 0.437. The number of nitrogens with zero attached hydrogens (tertiary/aromatic N) is 5. The molecule has 0 aliphatic carbocycles. The van der Waals surface area contributed by atoms with Crippen molar-refractivity contribution in [2.24, 2.45) is 0 Å². The number of imidazole rings is 2. The van der Waals surface area contributed by atoms with Crippen LogP contribution < -0.4 is 11.0 Å². The van der Waals surface area contributed by atoms with Gasteiger partial charge in [0.25, 0.3) is 0 Å². The van der Waals surface area contributed by atoms with E-state index in [1.165, 1.54) is 9.13 Å². The third-order valence-corrected chi connectivity index (χ3v) is 6.37. The predicted octanol–water partition coefficient (Wildman–Crippen LogP) is 4.19. The Bertz CT molecular complexity index is 1710. The average Bonchev–Trinajstić information content (AvgIpc) is 3.42. The van der Waals surface area contributed by atoms with E-state index >= 15 is 0 Å². The topological polar surface area (TPSA) is 86.2 Å². The molecule has 0 aliphatic rings. The van der Waals surface area contributed by atoms with Gasteiger partial charge in [0.05, 0.1) is 46.7 Å². The van der Waals surface area contributed by atoms with Crippen LogP contribution in [0.3, 0.4) is 0 Å². The molecule has 0 radical (unpaired) electrons. The van der Waals surface area contributed by atoms with Gasteiger partial charge in [-0.15, -0.1) is 0 Å². The number of hydrogen-bond acceptors (Lipinski definition) is 4. The second kappa shape index (κ2) is 8.91. The Hall–Kier alpha value is -4.41. The Morgan fingerprint density at radius 3 is 2.59 bits per heavy atom. The fraction of sp³-hybridized carbons (Fsp3) is 0.231. The summed E-state index contributed by atoms with van der Waals surface area (Å²) in [6, 6.07) is 8.87. The van der Waals surface area contributed by atoms with Gasteiger partial charge < -0.3 is 9.72 Å². The van der Waals surface area contributed by atoms with Gasteiger partial charge in [0.1, 0.15) is 12.6 Å². The van der Waals surface area contributed by atoms with E-state index in [0.29, 0.717) is 22.4 Å². The molecular weight excluding hydrogens is 485 g/mol. The van der Waals surface area contributed by atoms with Crippen molar-refractivity contribution in [3.05, 3.63) is 82.9 Å². The number of benzene rings is 1. The summed E-state index contributed by atoms with van der Waals surface area (Å²) in [7, 11) is 0. The second-order valence-corrected chi connectivity index (χ2v) is 8.94. The summed E-state index contributed by atoms with van der Waals surface area (Å²) in [5.41, 5.74) is 4.93. The Morgan fingerprint density at radius 1 is 1.08 bits per heavy atom. The van der Waals surface area contributed by atoms with E-state index in [0.717, 1.165) is 29.1 Å². The van der Waals surface area contributed by atoms with Crippen LogP contribution >= 0.6 is 0 Å². The summed E-state index contributed by atoms with van der Waals surface area (Å²) < 4.78 is 43.3.